The molecule has 2 aromatic rings. The third-order valence-corrected chi connectivity index (χ3v) is 2.86. The van der Waals surface area contributed by atoms with Gasteiger partial charge in [-0.1, -0.05) is 11.6 Å². The van der Waals surface area contributed by atoms with E-state index < -0.39 is 0 Å². The lowest BCUT2D eigenvalue weighted by Crippen LogP contribution is -2.28. The maximum absolute atomic E-state index is 11.8. The number of nitrogen functional groups attached to an aromatic ring is 1. The molecule has 6 nitrogen and oxygen atoms in total. The molecule has 1 heterocycles. The molecule has 0 aliphatic rings. The highest BCUT2D eigenvalue weighted by atomic mass is 35.5. The van der Waals surface area contributed by atoms with Gasteiger partial charge in [-0.05, 0) is 18.2 Å². The number of carbonyl (C=O) groups excluding carboxylic acids is 1. The second-order valence-electron chi connectivity index (χ2n) is 4.10. The van der Waals surface area contributed by atoms with Crippen molar-refractivity contribution in [3.8, 4) is 0 Å². The van der Waals surface area contributed by atoms with Crippen LogP contribution in [-0.2, 0) is 18.4 Å². The summed E-state index contributed by atoms with van der Waals surface area (Å²) < 4.78 is 2.69. The number of imidazole rings is 1. The minimum absolute atomic E-state index is 0.0778. The predicted octanol–water partition coefficient (Wildman–Crippen LogP) is 1.06. The molecule has 0 saturated carbocycles. The van der Waals surface area contributed by atoms with Crippen molar-refractivity contribution < 1.29 is 4.79 Å². The Hall–Kier alpha value is -2.21. The summed E-state index contributed by atoms with van der Waals surface area (Å²) in [7, 11) is 1.62. The van der Waals surface area contributed by atoms with Crippen molar-refractivity contribution in [2.24, 2.45) is 7.05 Å². The molecular formula is C12H13ClN4O2. The van der Waals surface area contributed by atoms with E-state index in [0.29, 0.717) is 16.4 Å². The molecular weight excluding hydrogens is 268 g/mol. The van der Waals surface area contributed by atoms with Gasteiger partial charge in [0.05, 0.1) is 11.4 Å². The molecule has 0 bridgehead atoms. The third-order valence-electron chi connectivity index (χ3n) is 2.62. The van der Waals surface area contributed by atoms with Crippen molar-refractivity contribution in [1.82, 2.24) is 9.13 Å². The van der Waals surface area contributed by atoms with Gasteiger partial charge >= 0.3 is 5.69 Å². The fourth-order valence-electron chi connectivity index (χ4n) is 1.61. The number of amides is 1. The Bertz CT molecular complexity index is 675. The van der Waals surface area contributed by atoms with E-state index >= 15 is 0 Å². The largest absolute Gasteiger partial charge is 0.397 e. The van der Waals surface area contributed by atoms with Crippen LogP contribution in [0.1, 0.15) is 0 Å². The van der Waals surface area contributed by atoms with E-state index in [-0.39, 0.29) is 18.1 Å². The lowest BCUT2D eigenvalue weighted by atomic mass is 10.2. The molecule has 1 aromatic carbocycles. The number of aromatic nitrogens is 2. The monoisotopic (exact) mass is 280 g/mol. The van der Waals surface area contributed by atoms with E-state index in [2.05, 4.69) is 5.32 Å². The average Bonchev–Trinajstić information content (AvgIpc) is 2.66. The molecule has 7 heteroatoms. The van der Waals surface area contributed by atoms with Crippen molar-refractivity contribution >= 4 is 28.9 Å². The fraction of sp³-hybridized carbons (Fsp3) is 0.167. The molecule has 3 N–H and O–H groups in total. The second kappa shape index (κ2) is 5.19. The van der Waals surface area contributed by atoms with Crippen LogP contribution in [0, 0.1) is 0 Å². The Morgan fingerprint density at radius 2 is 2.16 bits per heavy atom. The van der Waals surface area contributed by atoms with E-state index in [1.807, 2.05) is 0 Å². The highest BCUT2D eigenvalue weighted by Gasteiger charge is 2.09. The lowest BCUT2D eigenvalue weighted by Gasteiger charge is -2.08. The number of hydrogen-bond acceptors (Lipinski definition) is 3. The first-order chi connectivity index (χ1) is 8.97. The Balaban J connectivity index is 2.12. The van der Waals surface area contributed by atoms with Crippen LogP contribution in [0.25, 0.3) is 0 Å². The number of nitrogens with zero attached hydrogens (tertiary/aromatic N) is 2. The van der Waals surface area contributed by atoms with Crippen LogP contribution in [0.3, 0.4) is 0 Å². The number of halogens is 1. The van der Waals surface area contributed by atoms with Crippen LogP contribution >= 0.6 is 11.6 Å². The van der Waals surface area contributed by atoms with Gasteiger partial charge in [0, 0.05) is 24.5 Å². The zero-order valence-electron chi connectivity index (χ0n) is 10.3. The van der Waals surface area contributed by atoms with Crippen LogP contribution in [0.4, 0.5) is 11.4 Å². The van der Waals surface area contributed by atoms with Gasteiger partial charge in [-0.2, -0.15) is 0 Å². The first kappa shape index (κ1) is 13.2. The van der Waals surface area contributed by atoms with Crippen LogP contribution < -0.4 is 16.7 Å². The van der Waals surface area contributed by atoms with Crippen LogP contribution in [0.2, 0.25) is 5.02 Å². The van der Waals surface area contributed by atoms with Gasteiger partial charge in [0.2, 0.25) is 5.91 Å². The topological polar surface area (TPSA) is 82.1 Å². The molecule has 0 atom stereocenters. The summed E-state index contributed by atoms with van der Waals surface area (Å²) in [5.41, 5.74) is 6.31. The average molecular weight is 281 g/mol. The molecule has 1 aromatic heterocycles. The fourth-order valence-corrected chi connectivity index (χ4v) is 1.78. The molecule has 1 amide bonds. The summed E-state index contributed by atoms with van der Waals surface area (Å²) in [6.07, 6.45) is 3.13. The third kappa shape index (κ3) is 2.97. The first-order valence-corrected chi connectivity index (χ1v) is 5.92. The minimum Gasteiger partial charge on any atom is -0.397 e. The van der Waals surface area contributed by atoms with Gasteiger partial charge in [0.15, 0.2) is 0 Å². The lowest BCUT2D eigenvalue weighted by molar-refractivity contribution is -0.116. The number of hydrogen-bond donors (Lipinski definition) is 2. The van der Waals surface area contributed by atoms with Crippen molar-refractivity contribution in [2.75, 3.05) is 11.1 Å². The van der Waals surface area contributed by atoms with Crippen LogP contribution in [-0.4, -0.2) is 15.0 Å². The molecule has 0 saturated heterocycles. The second-order valence-corrected chi connectivity index (χ2v) is 4.54. The SMILES string of the molecule is Cn1ccn(CC(=O)Nc2cc(Cl)ccc2N)c1=O. The molecule has 0 spiro atoms. The van der Waals surface area contributed by atoms with Crippen LogP contribution in [0.15, 0.2) is 35.4 Å². The highest BCUT2D eigenvalue weighted by molar-refractivity contribution is 6.31. The van der Waals surface area contributed by atoms with E-state index in [9.17, 15) is 9.59 Å². The highest BCUT2D eigenvalue weighted by Crippen LogP contribution is 2.22. The van der Waals surface area contributed by atoms with Gasteiger partial charge in [-0.3, -0.25) is 9.36 Å². The Labute approximate surface area is 114 Å². The number of carbonyl (C=O) groups is 1. The first-order valence-electron chi connectivity index (χ1n) is 5.54. The van der Waals surface area contributed by atoms with E-state index in [1.165, 1.54) is 9.13 Å². The number of rotatable bonds is 3. The summed E-state index contributed by atoms with van der Waals surface area (Å²) in [5.74, 6) is -0.345. The Morgan fingerprint density at radius 3 is 2.79 bits per heavy atom. The quantitative estimate of drug-likeness (QED) is 0.825. The molecule has 0 fully saturated rings. The zero-order chi connectivity index (χ0) is 14.0. The Kier molecular flexibility index (Phi) is 3.62. The number of anilines is 2. The molecule has 100 valence electrons. The van der Waals surface area contributed by atoms with Gasteiger partial charge < -0.3 is 15.6 Å². The van der Waals surface area contributed by atoms with Crippen molar-refractivity contribution in [2.45, 2.75) is 6.54 Å². The number of nitrogens with two attached hydrogens (primary N) is 1. The van der Waals surface area contributed by atoms with Crippen LogP contribution in [0.5, 0.6) is 0 Å². The van der Waals surface area contributed by atoms with Gasteiger partial charge in [-0.15, -0.1) is 0 Å². The molecule has 0 unspecified atom stereocenters. The standard InChI is InChI=1S/C12H13ClN4O2/c1-16-4-5-17(12(16)19)7-11(18)15-10-6-8(13)2-3-9(10)14/h2-6H,7,14H2,1H3,(H,15,18). The van der Waals surface area contributed by atoms with E-state index in [1.54, 1.807) is 37.6 Å². The van der Waals surface area contributed by atoms with Crippen molar-refractivity contribution in [3.63, 3.8) is 0 Å². The molecule has 0 aliphatic carbocycles. The van der Waals surface area contributed by atoms with Crippen molar-refractivity contribution in [1.29, 1.82) is 0 Å². The number of nitrogens with one attached hydrogen (secondary N) is 1. The number of aryl methyl sites for hydroxylation is 1. The van der Waals surface area contributed by atoms with Gasteiger partial charge in [0.25, 0.3) is 0 Å². The summed E-state index contributed by atoms with van der Waals surface area (Å²) >= 11 is 5.82. The summed E-state index contributed by atoms with van der Waals surface area (Å²) in [4.78, 5) is 23.4. The molecule has 0 radical (unpaired) electrons. The molecule has 0 aliphatic heterocycles. The Morgan fingerprint density at radius 1 is 1.42 bits per heavy atom. The smallest absolute Gasteiger partial charge is 0.328 e. The van der Waals surface area contributed by atoms with Gasteiger partial charge in [0.1, 0.15) is 6.54 Å². The summed E-state index contributed by atoms with van der Waals surface area (Å²) in [6, 6.07) is 4.80. The minimum atomic E-state index is -0.345. The summed E-state index contributed by atoms with van der Waals surface area (Å²) in [6.45, 7) is -0.0778. The van der Waals surface area contributed by atoms with E-state index in [0.717, 1.165) is 0 Å². The van der Waals surface area contributed by atoms with Gasteiger partial charge in [-0.25, -0.2) is 4.79 Å². The predicted molar refractivity (Wildman–Crippen MR) is 74.2 cm³/mol. The normalized spacial score (nSPS) is 10.4. The number of benzene rings is 1. The summed E-state index contributed by atoms with van der Waals surface area (Å²) in [5, 5.41) is 3.09. The zero-order valence-corrected chi connectivity index (χ0v) is 11.0. The van der Waals surface area contributed by atoms with E-state index in [4.69, 9.17) is 17.3 Å². The van der Waals surface area contributed by atoms with Crippen molar-refractivity contribution in [3.05, 3.63) is 46.1 Å². The maximum atomic E-state index is 11.8. The molecule has 2 rings (SSSR count). The maximum Gasteiger partial charge on any atom is 0.328 e. The molecule has 19 heavy (non-hydrogen) atoms.